The smallest absolute Gasteiger partial charge is 0.191 e. The largest absolute Gasteiger partial charge is 0.352 e. The van der Waals surface area contributed by atoms with Gasteiger partial charge in [-0.3, -0.25) is 14.6 Å². The third kappa shape index (κ3) is 6.96. The number of nitrogens with one attached hydrogen (secondary N) is 2. The Balaban J connectivity index is 1.51. The standard InChI is InChI=1S/C25H34N6/c1-4-30(5-2)19-22-13-11-21(12-14-22)17-27-25(26-3)28-18-23-9-6-7-10-24(23)20-31-16-8-15-29-31/h6-16H,4-5,17-20H2,1-3H3,(H2,26,27,28). The quantitative estimate of drug-likeness (QED) is 0.390. The molecule has 0 aliphatic carbocycles. The van der Waals surface area contributed by atoms with Crippen LogP contribution in [0.1, 0.15) is 36.1 Å². The van der Waals surface area contributed by atoms with E-state index in [0.717, 1.165) is 38.7 Å². The van der Waals surface area contributed by atoms with E-state index >= 15 is 0 Å². The topological polar surface area (TPSA) is 57.5 Å². The van der Waals surface area contributed by atoms with Crippen molar-refractivity contribution in [3.63, 3.8) is 0 Å². The minimum atomic E-state index is 0.708. The van der Waals surface area contributed by atoms with Crippen LogP contribution in [-0.4, -0.2) is 40.8 Å². The molecule has 2 N–H and O–H groups in total. The van der Waals surface area contributed by atoms with Crippen molar-refractivity contribution in [2.75, 3.05) is 20.1 Å². The molecule has 0 unspecified atom stereocenters. The summed E-state index contributed by atoms with van der Waals surface area (Å²) < 4.78 is 1.94. The van der Waals surface area contributed by atoms with Gasteiger partial charge in [0.1, 0.15) is 0 Å². The van der Waals surface area contributed by atoms with E-state index in [-0.39, 0.29) is 0 Å². The van der Waals surface area contributed by atoms with Crippen LogP contribution in [0.15, 0.2) is 72.0 Å². The van der Waals surface area contributed by atoms with Crippen molar-refractivity contribution in [1.29, 1.82) is 0 Å². The first-order valence-electron chi connectivity index (χ1n) is 11.0. The van der Waals surface area contributed by atoms with Crippen LogP contribution in [0.2, 0.25) is 0 Å². The van der Waals surface area contributed by atoms with Crippen LogP contribution in [0.5, 0.6) is 0 Å². The van der Waals surface area contributed by atoms with Crippen molar-refractivity contribution < 1.29 is 0 Å². The van der Waals surface area contributed by atoms with E-state index < -0.39 is 0 Å². The van der Waals surface area contributed by atoms with Crippen LogP contribution in [0, 0.1) is 0 Å². The van der Waals surface area contributed by atoms with E-state index in [2.05, 4.69) is 88.0 Å². The van der Waals surface area contributed by atoms with Gasteiger partial charge in [0.15, 0.2) is 5.96 Å². The third-order valence-electron chi connectivity index (χ3n) is 5.46. The number of guanidine groups is 1. The zero-order valence-electron chi connectivity index (χ0n) is 18.9. The Kier molecular flexibility index (Phi) is 8.67. The fraction of sp³-hybridized carbons (Fsp3) is 0.360. The fourth-order valence-electron chi connectivity index (χ4n) is 3.51. The highest BCUT2D eigenvalue weighted by Crippen LogP contribution is 2.11. The van der Waals surface area contributed by atoms with Gasteiger partial charge in [0, 0.05) is 39.1 Å². The van der Waals surface area contributed by atoms with Gasteiger partial charge < -0.3 is 10.6 Å². The fourth-order valence-corrected chi connectivity index (χ4v) is 3.51. The molecule has 3 rings (SSSR count). The maximum Gasteiger partial charge on any atom is 0.191 e. The lowest BCUT2D eigenvalue weighted by Gasteiger charge is -2.18. The minimum absolute atomic E-state index is 0.708. The van der Waals surface area contributed by atoms with Gasteiger partial charge in [0.2, 0.25) is 0 Å². The first kappa shape index (κ1) is 22.6. The highest BCUT2D eigenvalue weighted by molar-refractivity contribution is 5.79. The molecule has 0 fully saturated rings. The summed E-state index contributed by atoms with van der Waals surface area (Å²) in [6.07, 6.45) is 3.79. The average Bonchev–Trinajstić information content (AvgIpc) is 3.32. The van der Waals surface area contributed by atoms with Crippen LogP contribution in [0.4, 0.5) is 0 Å². The van der Waals surface area contributed by atoms with Gasteiger partial charge in [-0.1, -0.05) is 62.4 Å². The number of aliphatic imine (C=N–C) groups is 1. The molecule has 3 aromatic rings. The van der Waals surface area contributed by atoms with E-state index in [1.807, 2.05) is 23.1 Å². The second kappa shape index (κ2) is 11.9. The van der Waals surface area contributed by atoms with Crippen LogP contribution in [0.25, 0.3) is 0 Å². The van der Waals surface area contributed by atoms with Crippen molar-refractivity contribution in [2.24, 2.45) is 4.99 Å². The molecule has 0 saturated carbocycles. The number of rotatable bonds is 10. The zero-order valence-corrected chi connectivity index (χ0v) is 18.9. The van der Waals surface area contributed by atoms with Gasteiger partial charge in [0.25, 0.3) is 0 Å². The zero-order chi connectivity index (χ0) is 21.9. The van der Waals surface area contributed by atoms with Gasteiger partial charge in [-0.2, -0.15) is 5.10 Å². The number of hydrogen-bond acceptors (Lipinski definition) is 3. The van der Waals surface area contributed by atoms with Gasteiger partial charge >= 0.3 is 0 Å². The molecule has 2 aromatic carbocycles. The number of nitrogens with zero attached hydrogens (tertiary/aromatic N) is 4. The summed E-state index contributed by atoms with van der Waals surface area (Å²) in [5.41, 5.74) is 5.08. The van der Waals surface area contributed by atoms with Crippen LogP contribution in [0.3, 0.4) is 0 Å². The number of benzene rings is 2. The summed E-state index contributed by atoms with van der Waals surface area (Å²) in [4.78, 5) is 6.79. The molecule has 0 aliphatic rings. The summed E-state index contributed by atoms with van der Waals surface area (Å²) in [6.45, 7) is 9.77. The molecule has 31 heavy (non-hydrogen) atoms. The summed E-state index contributed by atoms with van der Waals surface area (Å²) >= 11 is 0. The summed E-state index contributed by atoms with van der Waals surface area (Å²) in [5, 5.41) is 11.2. The second-order valence-corrected chi connectivity index (χ2v) is 7.53. The number of aromatic nitrogens is 2. The first-order valence-corrected chi connectivity index (χ1v) is 11.0. The summed E-state index contributed by atoms with van der Waals surface area (Å²) in [7, 11) is 1.80. The molecule has 0 aliphatic heterocycles. The molecule has 0 saturated heterocycles. The van der Waals surface area contributed by atoms with Crippen molar-refractivity contribution in [2.45, 2.75) is 40.0 Å². The third-order valence-corrected chi connectivity index (χ3v) is 5.46. The van der Waals surface area contributed by atoms with E-state index in [1.54, 1.807) is 7.05 Å². The Hall–Kier alpha value is -3.12. The van der Waals surface area contributed by atoms with Crippen LogP contribution >= 0.6 is 0 Å². The highest BCUT2D eigenvalue weighted by Gasteiger charge is 2.05. The molecule has 0 bridgehead atoms. The first-order chi connectivity index (χ1) is 15.2. The van der Waals surface area contributed by atoms with Crippen molar-refractivity contribution in [3.8, 4) is 0 Å². The van der Waals surface area contributed by atoms with Crippen molar-refractivity contribution in [1.82, 2.24) is 25.3 Å². The van der Waals surface area contributed by atoms with Crippen LogP contribution < -0.4 is 10.6 Å². The molecule has 0 radical (unpaired) electrons. The molecule has 0 spiro atoms. The molecule has 1 heterocycles. The average molecular weight is 419 g/mol. The molecular weight excluding hydrogens is 384 g/mol. The molecule has 0 amide bonds. The van der Waals surface area contributed by atoms with E-state index in [1.165, 1.54) is 22.3 Å². The minimum Gasteiger partial charge on any atom is -0.352 e. The Morgan fingerprint density at radius 1 is 0.903 bits per heavy atom. The molecule has 6 heteroatoms. The molecule has 0 atom stereocenters. The molecule has 6 nitrogen and oxygen atoms in total. The van der Waals surface area contributed by atoms with Crippen LogP contribution in [-0.2, 0) is 26.2 Å². The maximum absolute atomic E-state index is 4.37. The Labute approximate surface area is 186 Å². The normalized spacial score (nSPS) is 11.7. The van der Waals surface area contributed by atoms with E-state index in [4.69, 9.17) is 0 Å². The molecular formula is C25H34N6. The van der Waals surface area contributed by atoms with Gasteiger partial charge in [-0.25, -0.2) is 0 Å². The predicted molar refractivity (Wildman–Crippen MR) is 128 cm³/mol. The SMILES string of the molecule is CCN(CC)Cc1ccc(CNC(=NC)NCc2ccccc2Cn2cccn2)cc1. The van der Waals surface area contributed by atoms with Gasteiger partial charge in [-0.05, 0) is 41.4 Å². The van der Waals surface area contributed by atoms with Gasteiger partial charge in [0.05, 0.1) is 6.54 Å². The monoisotopic (exact) mass is 418 g/mol. The summed E-state index contributed by atoms with van der Waals surface area (Å²) in [6, 6.07) is 19.2. The number of hydrogen-bond donors (Lipinski definition) is 2. The lowest BCUT2D eigenvalue weighted by Crippen LogP contribution is -2.36. The Bertz CT molecular complexity index is 927. The molecule has 164 valence electrons. The molecule has 1 aromatic heterocycles. The van der Waals surface area contributed by atoms with E-state index in [0.29, 0.717) is 6.54 Å². The van der Waals surface area contributed by atoms with E-state index in [9.17, 15) is 0 Å². The Morgan fingerprint density at radius 3 is 2.23 bits per heavy atom. The maximum atomic E-state index is 4.37. The predicted octanol–water partition coefficient (Wildman–Crippen LogP) is 3.64. The lowest BCUT2D eigenvalue weighted by molar-refractivity contribution is 0.296. The highest BCUT2D eigenvalue weighted by atomic mass is 15.3. The Morgan fingerprint density at radius 2 is 1.58 bits per heavy atom. The lowest BCUT2D eigenvalue weighted by atomic mass is 10.1. The van der Waals surface area contributed by atoms with Crippen molar-refractivity contribution in [3.05, 3.63) is 89.2 Å². The summed E-state index contributed by atoms with van der Waals surface area (Å²) in [5.74, 6) is 0.793. The second-order valence-electron chi connectivity index (χ2n) is 7.53. The van der Waals surface area contributed by atoms with Crippen molar-refractivity contribution >= 4 is 5.96 Å². The van der Waals surface area contributed by atoms with Gasteiger partial charge in [-0.15, -0.1) is 0 Å².